The Balaban J connectivity index is 1.94. The van der Waals surface area contributed by atoms with E-state index < -0.39 is 9.84 Å². The van der Waals surface area contributed by atoms with Crippen molar-refractivity contribution in [2.75, 3.05) is 6.26 Å². The van der Waals surface area contributed by atoms with Crippen LogP contribution in [0.2, 0.25) is 0 Å². The average molecular weight is 397 g/mol. The summed E-state index contributed by atoms with van der Waals surface area (Å²) in [5, 5.41) is 10.9. The Bertz CT molecular complexity index is 1280. The number of hydrogen-bond acceptors (Lipinski definition) is 5. The highest BCUT2D eigenvalue weighted by atomic mass is 32.2. The van der Waals surface area contributed by atoms with Gasteiger partial charge in [-0.25, -0.2) is 17.8 Å². The lowest BCUT2D eigenvalue weighted by molar-refractivity contribution is 0.474. The zero-order valence-corrected chi connectivity index (χ0v) is 15.7. The van der Waals surface area contributed by atoms with E-state index in [2.05, 4.69) is 9.97 Å². The molecule has 28 heavy (non-hydrogen) atoms. The molecule has 0 atom stereocenters. The van der Waals surface area contributed by atoms with Crippen molar-refractivity contribution in [3.63, 3.8) is 0 Å². The van der Waals surface area contributed by atoms with Gasteiger partial charge in [0.05, 0.1) is 10.6 Å². The van der Waals surface area contributed by atoms with Gasteiger partial charge in [0.1, 0.15) is 22.9 Å². The highest BCUT2D eigenvalue weighted by Gasteiger charge is 2.18. The summed E-state index contributed by atoms with van der Waals surface area (Å²) in [7, 11) is -3.41. The fourth-order valence-corrected chi connectivity index (χ4v) is 3.64. The number of nitrogens with zero attached hydrogens (tertiary/aromatic N) is 3. The second kappa shape index (κ2) is 6.72. The number of fused-ring (bicyclic) bond motifs is 1. The van der Waals surface area contributed by atoms with Crippen molar-refractivity contribution in [3.05, 3.63) is 72.3 Å². The third kappa shape index (κ3) is 3.34. The zero-order chi connectivity index (χ0) is 19.9. The summed E-state index contributed by atoms with van der Waals surface area (Å²) in [6.07, 6.45) is 3.99. The Morgan fingerprint density at radius 2 is 1.86 bits per heavy atom. The molecule has 6 nitrogen and oxygen atoms in total. The monoisotopic (exact) mass is 397 g/mol. The molecule has 0 unspecified atom stereocenters. The second-order valence-corrected chi connectivity index (χ2v) is 8.49. The van der Waals surface area contributed by atoms with Gasteiger partial charge in [0.15, 0.2) is 9.84 Å². The highest BCUT2D eigenvalue weighted by molar-refractivity contribution is 7.90. The molecule has 0 saturated heterocycles. The molecule has 0 aliphatic carbocycles. The van der Waals surface area contributed by atoms with E-state index >= 15 is 0 Å². The summed E-state index contributed by atoms with van der Waals surface area (Å²) in [5.74, 6) is -0.339. The summed E-state index contributed by atoms with van der Waals surface area (Å²) in [6, 6.07) is 12.5. The van der Waals surface area contributed by atoms with Gasteiger partial charge in [-0.3, -0.25) is 4.98 Å². The average Bonchev–Trinajstić information content (AvgIpc) is 3.01. The van der Waals surface area contributed by atoms with E-state index in [1.807, 2.05) is 4.57 Å². The number of rotatable bonds is 4. The summed E-state index contributed by atoms with van der Waals surface area (Å²) in [4.78, 5) is 8.70. The molecule has 0 aliphatic heterocycles. The van der Waals surface area contributed by atoms with Crippen LogP contribution in [-0.2, 0) is 16.4 Å². The van der Waals surface area contributed by atoms with Gasteiger partial charge in [-0.05, 0) is 42.0 Å². The molecule has 0 bridgehead atoms. The third-order valence-electron chi connectivity index (χ3n) is 4.42. The van der Waals surface area contributed by atoms with E-state index in [0.717, 1.165) is 11.8 Å². The maximum Gasteiger partial charge on any atom is 0.177 e. The van der Waals surface area contributed by atoms with Crippen LogP contribution in [0, 0.1) is 5.82 Å². The van der Waals surface area contributed by atoms with E-state index in [-0.39, 0.29) is 16.5 Å². The number of aromatic nitrogens is 3. The fraction of sp³-hybridized carbons (Fsp3) is 0.100. The number of benzene rings is 1. The van der Waals surface area contributed by atoms with Crippen LogP contribution in [0.3, 0.4) is 0 Å². The molecule has 0 amide bonds. The first-order valence-electron chi connectivity index (χ1n) is 8.41. The lowest BCUT2D eigenvalue weighted by atomic mass is 10.2. The minimum atomic E-state index is -3.41. The Morgan fingerprint density at radius 3 is 2.54 bits per heavy atom. The van der Waals surface area contributed by atoms with Crippen LogP contribution in [0.4, 0.5) is 4.39 Å². The number of aromatic hydroxyl groups is 1. The SMILES string of the molecule is CS(=O)(=O)c1cnc2c(c1)cc(-c1ncccc1O)n2Cc1ccc(F)cc1. The fourth-order valence-electron chi connectivity index (χ4n) is 3.05. The number of sulfone groups is 1. The maximum atomic E-state index is 13.3. The highest BCUT2D eigenvalue weighted by Crippen LogP contribution is 2.32. The van der Waals surface area contributed by atoms with Crippen LogP contribution < -0.4 is 0 Å². The van der Waals surface area contributed by atoms with Crippen molar-refractivity contribution in [3.8, 4) is 17.1 Å². The summed E-state index contributed by atoms with van der Waals surface area (Å²) in [5.41, 5.74) is 2.29. The number of pyridine rings is 2. The first-order valence-corrected chi connectivity index (χ1v) is 10.3. The van der Waals surface area contributed by atoms with E-state index in [1.165, 1.54) is 24.4 Å². The van der Waals surface area contributed by atoms with Crippen LogP contribution in [0.25, 0.3) is 22.4 Å². The van der Waals surface area contributed by atoms with Crippen molar-refractivity contribution < 1.29 is 17.9 Å². The molecule has 0 aliphatic rings. The quantitative estimate of drug-likeness (QED) is 0.571. The summed E-state index contributed by atoms with van der Waals surface area (Å²) >= 11 is 0. The van der Waals surface area contributed by atoms with Crippen molar-refractivity contribution in [2.24, 2.45) is 0 Å². The Labute approximate surface area is 160 Å². The maximum absolute atomic E-state index is 13.3. The Morgan fingerprint density at radius 1 is 1.11 bits per heavy atom. The molecule has 0 radical (unpaired) electrons. The van der Waals surface area contributed by atoms with E-state index in [4.69, 9.17) is 0 Å². The third-order valence-corrected chi connectivity index (χ3v) is 5.50. The van der Waals surface area contributed by atoms with Crippen molar-refractivity contribution >= 4 is 20.9 Å². The predicted molar refractivity (Wildman–Crippen MR) is 103 cm³/mol. The number of hydrogen-bond donors (Lipinski definition) is 1. The largest absolute Gasteiger partial charge is 0.506 e. The first kappa shape index (κ1) is 18.1. The number of halogens is 1. The second-order valence-electron chi connectivity index (χ2n) is 6.47. The molecular weight excluding hydrogens is 381 g/mol. The van der Waals surface area contributed by atoms with Gasteiger partial charge >= 0.3 is 0 Å². The molecule has 3 heterocycles. The van der Waals surface area contributed by atoms with E-state index in [0.29, 0.717) is 29.0 Å². The normalized spacial score (nSPS) is 11.8. The predicted octanol–water partition coefficient (Wildman–Crippen LogP) is 3.39. The summed E-state index contributed by atoms with van der Waals surface area (Å²) < 4.78 is 38.8. The van der Waals surface area contributed by atoms with Crippen molar-refractivity contribution in [2.45, 2.75) is 11.4 Å². The van der Waals surface area contributed by atoms with Crippen molar-refractivity contribution in [1.82, 2.24) is 14.5 Å². The van der Waals surface area contributed by atoms with Gasteiger partial charge in [-0.2, -0.15) is 0 Å². The molecule has 0 spiro atoms. The molecule has 8 heteroatoms. The Hall–Kier alpha value is -3.26. The van der Waals surface area contributed by atoms with Crippen LogP contribution in [-0.4, -0.2) is 34.3 Å². The molecule has 3 aromatic heterocycles. The zero-order valence-electron chi connectivity index (χ0n) is 14.9. The van der Waals surface area contributed by atoms with Gasteiger partial charge in [0, 0.05) is 30.6 Å². The van der Waals surface area contributed by atoms with Crippen LogP contribution in [0.15, 0.2) is 65.8 Å². The van der Waals surface area contributed by atoms with E-state index in [1.54, 1.807) is 36.5 Å². The first-order chi connectivity index (χ1) is 13.3. The smallest absolute Gasteiger partial charge is 0.177 e. The Kier molecular flexibility index (Phi) is 4.35. The molecule has 142 valence electrons. The minimum Gasteiger partial charge on any atom is -0.506 e. The van der Waals surface area contributed by atoms with Gasteiger partial charge in [0.2, 0.25) is 0 Å². The van der Waals surface area contributed by atoms with Crippen LogP contribution in [0.5, 0.6) is 5.75 Å². The molecule has 1 N–H and O–H groups in total. The molecule has 0 fully saturated rings. The lowest BCUT2D eigenvalue weighted by Crippen LogP contribution is -2.04. The van der Waals surface area contributed by atoms with E-state index in [9.17, 15) is 17.9 Å². The van der Waals surface area contributed by atoms with Crippen LogP contribution >= 0.6 is 0 Å². The molecule has 4 rings (SSSR count). The van der Waals surface area contributed by atoms with Gasteiger partial charge < -0.3 is 9.67 Å². The van der Waals surface area contributed by atoms with Gasteiger partial charge in [-0.1, -0.05) is 12.1 Å². The lowest BCUT2D eigenvalue weighted by Gasteiger charge is -2.11. The van der Waals surface area contributed by atoms with Gasteiger partial charge in [0.25, 0.3) is 0 Å². The molecular formula is C20H16FN3O3S. The topological polar surface area (TPSA) is 85.1 Å². The molecule has 4 aromatic rings. The standard InChI is InChI=1S/C20H16FN3O3S/c1-28(26,27)16-9-14-10-17(19-18(25)3-2-8-22-19)24(20(14)23-11-16)12-13-4-6-15(21)7-5-13/h2-11,25H,12H2,1H3. The van der Waals surface area contributed by atoms with Crippen molar-refractivity contribution in [1.29, 1.82) is 0 Å². The molecule has 1 aromatic carbocycles. The summed E-state index contributed by atoms with van der Waals surface area (Å²) in [6.45, 7) is 0.348. The van der Waals surface area contributed by atoms with Gasteiger partial charge in [-0.15, -0.1) is 0 Å². The molecule has 0 saturated carbocycles. The minimum absolute atomic E-state index is 0.00556. The van der Waals surface area contributed by atoms with Crippen LogP contribution in [0.1, 0.15) is 5.56 Å².